The third-order valence-electron chi connectivity index (χ3n) is 3.59. The predicted octanol–water partition coefficient (Wildman–Crippen LogP) is 2.42. The van der Waals surface area contributed by atoms with Crippen LogP contribution in [0.5, 0.6) is 11.5 Å². The second-order valence-electron chi connectivity index (χ2n) is 5.82. The smallest absolute Gasteiger partial charge is 0.231 e. The van der Waals surface area contributed by atoms with Gasteiger partial charge in [0.2, 0.25) is 5.78 Å². The van der Waals surface area contributed by atoms with Gasteiger partial charge in [-0.1, -0.05) is 28.1 Å². The molecule has 0 saturated carbocycles. The number of carbonyl (C=O) groups is 1. The normalized spacial score (nSPS) is 15.1. The van der Waals surface area contributed by atoms with Gasteiger partial charge in [0.25, 0.3) is 0 Å². The lowest BCUT2D eigenvalue weighted by Gasteiger charge is -2.12. The molecule has 2 N–H and O–H groups in total. The SMILES string of the molecule is C[NH+](C)Cc1c(O)ccc2c1O/C(=C\c1cccc(Br)c1)C2=O. The van der Waals surface area contributed by atoms with Crippen molar-refractivity contribution in [2.75, 3.05) is 14.1 Å². The number of Topliss-reactive ketones (excluding diaryl/α,β-unsaturated/α-hetero) is 1. The molecule has 3 rings (SSSR count). The second-order valence-corrected chi connectivity index (χ2v) is 6.73. The molecule has 1 heterocycles. The zero-order valence-electron chi connectivity index (χ0n) is 12.9. The molecule has 0 bridgehead atoms. The number of ketones is 1. The van der Waals surface area contributed by atoms with Crippen molar-refractivity contribution in [3.8, 4) is 11.5 Å². The molecule has 23 heavy (non-hydrogen) atoms. The fourth-order valence-electron chi connectivity index (χ4n) is 2.57. The third-order valence-corrected chi connectivity index (χ3v) is 4.09. The Bertz CT molecular complexity index is 812. The van der Waals surface area contributed by atoms with Crippen LogP contribution in [0.3, 0.4) is 0 Å². The van der Waals surface area contributed by atoms with Gasteiger partial charge in [0.05, 0.1) is 25.2 Å². The van der Waals surface area contributed by atoms with Crippen LogP contribution < -0.4 is 9.64 Å². The van der Waals surface area contributed by atoms with Gasteiger partial charge < -0.3 is 14.7 Å². The molecule has 0 amide bonds. The van der Waals surface area contributed by atoms with Crippen molar-refractivity contribution >= 4 is 27.8 Å². The number of ether oxygens (including phenoxy) is 1. The number of phenols is 1. The molecule has 1 aliphatic heterocycles. The average Bonchev–Trinajstić information content (AvgIpc) is 2.79. The van der Waals surface area contributed by atoms with Gasteiger partial charge in [0, 0.05) is 4.47 Å². The first-order valence-corrected chi connectivity index (χ1v) is 8.08. The fraction of sp³-hybridized carbons (Fsp3) is 0.167. The van der Waals surface area contributed by atoms with Gasteiger partial charge in [-0.15, -0.1) is 0 Å². The number of quaternary nitrogens is 1. The number of aromatic hydroxyl groups is 1. The van der Waals surface area contributed by atoms with Crippen LogP contribution in [0.1, 0.15) is 21.5 Å². The van der Waals surface area contributed by atoms with Crippen LogP contribution in [-0.4, -0.2) is 25.0 Å². The van der Waals surface area contributed by atoms with Crippen LogP contribution in [0.2, 0.25) is 0 Å². The lowest BCUT2D eigenvalue weighted by atomic mass is 10.0. The number of carbonyl (C=O) groups excluding carboxylic acids is 1. The van der Waals surface area contributed by atoms with Crippen LogP contribution in [-0.2, 0) is 6.54 Å². The molecule has 5 heteroatoms. The van der Waals surface area contributed by atoms with Gasteiger partial charge in [0.15, 0.2) is 11.5 Å². The Kier molecular flexibility index (Phi) is 4.24. The highest BCUT2D eigenvalue weighted by Gasteiger charge is 2.31. The Balaban J connectivity index is 2.02. The average molecular weight is 375 g/mol. The van der Waals surface area contributed by atoms with E-state index in [2.05, 4.69) is 15.9 Å². The summed E-state index contributed by atoms with van der Waals surface area (Å²) in [4.78, 5) is 13.7. The molecule has 4 nitrogen and oxygen atoms in total. The van der Waals surface area contributed by atoms with Gasteiger partial charge in [0.1, 0.15) is 12.3 Å². The lowest BCUT2D eigenvalue weighted by Crippen LogP contribution is -3.04. The number of nitrogens with one attached hydrogen (secondary N) is 1. The van der Waals surface area contributed by atoms with E-state index >= 15 is 0 Å². The maximum absolute atomic E-state index is 12.5. The monoisotopic (exact) mass is 374 g/mol. The Hall–Kier alpha value is -2.11. The number of fused-ring (bicyclic) bond motifs is 1. The molecule has 1 aliphatic rings. The Morgan fingerprint density at radius 2 is 2.04 bits per heavy atom. The zero-order valence-corrected chi connectivity index (χ0v) is 14.5. The van der Waals surface area contributed by atoms with Gasteiger partial charge in [-0.3, -0.25) is 4.79 Å². The molecule has 0 aliphatic carbocycles. The fourth-order valence-corrected chi connectivity index (χ4v) is 2.99. The summed E-state index contributed by atoms with van der Waals surface area (Å²) in [6, 6.07) is 10.8. The van der Waals surface area contributed by atoms with Crippen molar-refractivity contribution in [1.29, 1.82) is 0 Å². The minimum absolute atomic E-state index is 0.154. The number of benzene rings is 2. The molecule has 118 valence electrons. The van der Waals surface area contributed by atoms with E-state index < -0.39 is 0 Å². The number of phenolic OH excluding ortho intramolecular Hbond substituents is 1. The van der Waals surface area contributed by atoms with Crippen molar-refractivity contribution in [3.63, 3.8) is 0 Å². The molecule has 0 radical (unpaired) electrons. The summed E-state index contributed by atoms with van der Waals surface area (Å²) in [6.45, 7) is 0.576. The van der Waals surface area contributed by atoms with Crippen molar-refractivity contribution in [1.82, 2.24) is 0 Å². The molecule has 0 atom stereocenters. The van der Waals surface area contributed by atoms with Crippen LogP contribution in [0.15, 0.2) is 46.6 Å². The van der Waals surface area contributed by atoms with Crippen LogP contribution in [0, 0.1) is 0 Å². The highest BCUT2D eigenvalue weighted by Crippen LogP contribution is 2.39. The largest absolute Gasteiger partial charge is 0.507 e. The van der Waals surface area contributed by atoms with E-state index in [9.17, 15) is 9.90 Å². The molecular formula is C18H17BrNO3+. The summed E-state index contributed by atoms with van der Waals surface area (Å²) in [5, 5.41) is 10.1. The van der Waals surface area contributed by atoms with Crippen LogP contribution in [0.25, 0.3) is 6.08 Å². The van der Waals surface area contributed by atoms with E-state index in [0.717, 1.165) is 14.9 Å². The highest BCUT2D eigenvalue weighted by molar-refractivity contribution is 9.10. The summed E-state index contributed by atoms with van der Waals surface area (Å²) in [7, 11) is 3.96. The molecule has 0 saturated heterocycles. The van der Waals surface area contributed by atoms with Gasteiger partial charge in [-0.25, -0.2) is 0 Å². The first-order valence-electron chi connectivity index (χ1n) is 7.29. The van der Waals surface area contributed by atoms with E-state index in [1.807, 2.05) is 38.4 Å². The molecule has 2 aromatic carbocycles. The summed E-state index contributed by atoms with van der Waals surface area (Å²) < 4.78 is 6.73. The predicted molar refractivity (Wildman–Crippen MR) is 91.7 cm³/mol. The van der Waals surface area contributed by atoms with E-state index in [0.29, 0.717) is 23.4 Å². The summed E-state index contributed by atoms with van der Waals surface area (Å²) in [6.07, 6.45) is 1.72. The first-order chi connectivity index (χ1) is 11.0. The first kappa shape index (κ1) is 15.8. The topological polar surface area (TPSA) is 51.0 Å². The maximum atomic E-state index is 12.5. The third kappa shape index (κ3) is 3.16. The number of allylic oxidation sites excluding steroid dienone is 1. The molecule has 2 aromatic rings. The lowest BCUT2D eigenvalue weighted by molar-refractivity contribution is -0.872. The van der Waals surface area contributed by atoms with Crippen LogP contribution in [0.4, 0.5) is 0 Å². The number of hydrogen-bond acceptors (Lipinski definition) is 3. The highest BCUT2D eigenvalue weighted by atomic mass is 79.9. The number of hydrogen-bond donors (Lipinski definition) is 2. The number of halogens is 1. The number of rotatable bonds is 3. The Labute approximate surface area is 143 Å². The van der Waals surface area contributed by atoms with Gasteiger partial charge in [-0.2, -0.15) is 0 Å². The minimum atomic E-state index is -0.157. The molecule has 0 unspecified atom stereocenters. The van der Waals surface area contributed by atoms with Crippen molar-refractivity contribution in [2.45, 2.75) is 6.54 Å². The second kappa shape index (κ2) is 6.18. The zero-order chi connectivity index (χ0) is 16.6. The van der Waals surface area contributed by atoms with Crippen molar-refractivity contribution in [3.05, 3.63) is 63.3 Å². The molecular weight excluding hydrogens is 358 g/mol. The minimum Gasteiger partial charge on any atom is -0.507 e. The van der Waals surface area contributed by atoms with Crippen molar-refractivity contribution in [2.24, 2.45) is 0 Å². The summed E-state index contributed by atoms with van der Waals surface area (Å²) in [5.41, 5.74) is 2.04. The summed E-state index contributed by atoms with van der Waals surface area (Å²) in [5.74, 6) is 0.743. The Morgan fingerprint density at radius 3 is 2.74 bits per heavy atom. The van der Waals surface area contributed by atoms with E-state index in [1.165, 1.54) is 0 Å². The van der Waals surface area contributed by atoms with Crippen LogP contribution >= 0.6 is 15.9 Å². The molecule has 0 spiro atoms. The maximum Gasteiger partial charge on any atom is 0.231 e. The summed E-state index contributed by atoms with van der Waals surface area (Å²) >= 11 is 3.41. The molecule has 0 aromatic heterocycles. The Morgan fingerprint density at radius 1 is 1.26 bits per heavy atom. The van der Waals surface area contributed by atoms with E-state index in [4.69, 9.17) is 4.74 Å². The quantitative estimate of drug-likeness (QED) is 0.811. The molecule has 0 fully saturated rings. The van der Waals surface area contributed by atoms with Gasteiger partial charge >= 0.3 is 0 Å². The van der Waals surface area contributed by atoms with Crippen molar-refractivity contribution < 1.29 is 19.5 Å². The van der Waals surface area contributed by atoms with E-state index in [-0.39, 0.29) is 17.3 Å². The van der Waals surface area contributed by atoms with Gasteiger partial charge in [-0.05, 0) is 35.9 Å². The standard InChI is InChI=1S/C18H16BrNO3/c1-20(2)10-14-15(21)7-6-13-17(22)16(23-18(13)14)9-11-4-3-5-12(19)8-11/h3-9,21H,10H2,1-2H3/p+1/b16-9-. The van der Waals surface area contributed by atoms with E-state index in [1.54, 1.807) is 18.2 Å².